The number of anilines is 1. The summed E-state index contributed by atoms with van der Waals surface area (Å²) in [7, 11) is 0. The van der Waals surface area contributed by atoms with Crippen molar-refractivity contribution in [3.8, 4) is 0 Å². The largest absolute Gasteiger partial charge is 0.324 e. The Hall–Kier alpha value is -1.42. The molecule has 0 unspecified atom stereocenters. The van der Waals surface area contributed by atoms with Crippen LogP contribution in [0.1, 0.15) is 39.0 Å². The van der Waals surface area contributed by atoms with Gasteiger partial charge in [0.1, 0.15) is 0 Å². The molecule has 110 valence electrons. The highest BCUT2D eigenvalue weighted by Crippen LogP contribution is 2.42. The zero-order valence-corrected chi connectivity index (χ0v) is 13.7. The van der Waals surface area contributed by atoms with E-state index < -0.39 is 0 Å². The number of carbonyl (C=O) groups is 1. The van der Waals surface area contributed by atoms with Crippen molar-refractivity contribution in [1.29, 1.82) is 0 Å². The zero-order valence-electron chi connectivity index (χ0n) is 12.2. The summed E-state index contributed by atoms with van der Waals surface area (Å²) < 4.78 is 0.944. The minimum Gasteiger partial charge on any atom is -0.324 e. The van der Waals surface area contributed by atoms with Crippen LogP contribution in [0.4, 0.5) is 5.69 Å². The summed E-state index contributed by atoms with van der Waals surface area (Å²) in [6, 6.07) is 7.91. The third kappa shape index (κ3) is 2.69. The van der Waals surface area contributed by atoms with Crippen molar-refractivity contribution in [2.75, 3.05) is 5.32 Å². The number of amides is 1. The monoisotopic (exact) mass is 346 g/mol. The van der Waals surface area contributed by atoms with Crippen LogP contribution >= 0.6 is 15.9 Å². The molecule has 0 atom stereocenters. The fourth-order valence-electron chi connectivity index (χ4n) is 3.28. The molecule has 0 radical (unpaired) electrons. The fourth-order valence-corrected chi connectivity index (χ4v) is 3.63. The number of nitrogens with zero attached hydrogens (tertiary/aromatic N) is 1. The van der Waals surface area contributed by atoms with Crippen LogP contribution in [-0.4, -0.2) is 10.9 Å². The van der Waals surface area contributed by atoms with Gasteiger partial charge < -0.3 is 5.32 Å². The van der Waals surface area contributed by atoms with Gasteiger partial charge in [0.15, 0.2) is 0 Å². The molecule has 1 saturated carbocycles. The standard InChI is InChI=1S/C17H19BrN2O/c1-2-17(8-3-4-9-17)16(21)20-14-7-5-6-12-10-13(18)11-19-15(12)14/h5-7,10-11H,2-4,8-9H2,1H3,(H,20,21). The van der Waals surface area contributed by atoms with Crippen LogP contribution in [0.2, 0.25) is 0 Å². The molecular weight excluding hydrogens is 328 g/mol. The first-order chi connectivity index (χ1) is 10.1. The molecule has 1 aromatic heterocycles. The van der Waals surface area contributed by atoms with E-state index in [2.05, 4.69) is 33.2 Å². The van der Waals surface area contributed by atoms with Gasteiger partial charge in [-0.1, -0.05) is 31.9 Å². The molecule has 1 amide bonds. The molecular formula is C17H19BrN2O. The van der Waals surface area contributed by atoms with Gasteiger partial charge in [0, 0.05) is 21.5 Å². The Labute approximate surface area is 133 Å². The number of benzene rings is 1. The van der Waals surface area contributed by atoms with Crippen LogP contribution in [0.15, 0.2) is 34.9 Å². The first-order valence-corrected chi connectivity index (χ1v) is 8.30. The molecule has 1 N–H and O–H groups in total. The van der Waals surface area contributed by atoms with Gasteiger partial charge in [-0.15, -0.1) is 0 Å². The summed E-state index contributed by atoms with van der Waals surface area (Å²) in [5.41, 5.74) is 1.47. The highest BCUT2D eigenvalue weighted by molar-refractivity contribution is 9.10. The number of halogens is 1. The van der Waals surface area contributed by atoms with Crippen molar-refractivity contribution in [3.63, 3.8) is 0 Å². The number of rotatable bonds is 3. The average molecular weight is 347 g/mol. The highest BCUT2D eigenvalue weighted by atomic mass is 79.9. The van der Waals surface area contributed by atoms with Crippen molar-refractivity contribution in [2.45, 2.75) is 39.0 Å². The molecule has 4 heteroatoms. The lowest BCUT2D eigenvalue weighted by molar-refractivity contribution is -0.125. The van der Waals surface area contributed by atoms with Crippen molar-refractivity contribution in [3.05, 3.63) is 34.9 Å². The third-order valence-corrected chi connectivity index (χ3v) is 5.08. The van der Waals surface area contributed by atoms with E-state index in [4.69, 9.17) is 0 Å². The minimum atomic E-state index is -0.183. The SMILES string of the molecule is CCC1(C(=O)Nc2cccc3cc(Br)cnc23)CCCC1. The fraction of sp³-hybridized carbons (Fsp3) is 0.412. The van der Waals surface area contributed by atoms with Crippen molar-refractivity contribution in [2.24, 2.45) is 5.41 Å². The Morgan fingerprint density at radius 2 is 2.14 bits per heavy atom. The number of carbonyl (C=O) groups excluding carboxylic acids is 1. The van der Waals surface area contributed by atoms with Crippen LogP contribution < -0.4 is 5.32 Å². The van der Waals surface area contributed by atoms with E-state index in [-0.39, 0.29) is 11.3 Å². The van der Waals surface area contributed by atoms with E-state index >= 15 is 0 Å². The molecule has 2 aromatic rings. The number of hydrogen-bond acceptors (Lipinski definition) is 2. The number of hydrogen-bond donors (Lipinski definition) is 1. The molecule has 0 saturated heterocycles. The summed E-state index contributed by atoms with van der Waals surface area (Å²) in [5.74, 6) is 0.153. The van der Waals surface area contributed by atoms with E-state index in [9.17, 15) is 4.79 Å². The Kier molecular flexibility index (Phi) is 3.98. The molecule has 3 rings (SSSR count). The quantitative estimate of drug-likeness (QED) is 0.857. The van der Waals surface area contributed by atoms with Crippen molar-refractivity contribution >= 4 is 38.4 Å². The maximum Gasteiger partial charge on any atom is 0.230 e. The lowest BCUT2D eigenvalue weighted by atomic mass is 9.82. The predicted octanol–water partition coefficient (Wildman–Crippen LogP) is 4.91. The molecule has 0 aliphatic heterocycles. The van der Waals surface area contributed by atoms with Gasteiger partial charge in [-0.2, -0.15) is 0 Å². The Morgan fingerprint density at radius 1 is 1.38 bits per heavy atom. The lowest BCUT2D eigenvalue weighted by Crippen LogP contribution is -2.33. The molecule has 21 heavy (non-hydrogen) atoms. The molecule has 0 bridgehead atoms. The van der Waals surface area contributed by atoms with Gasteiger partial charge in [0.2, 0.25) is 5.91 Å². The summed E-state index contributed by atoms with van der Waals surface area (Å²) >= 11 is 3.43. The second kappa shape index (κ2) is 5.76. The summed E-state index contributed by atoms with van der Waals surface area (Å²) in [4.78, 5) is 17.2. The second-order valence-corrected chi connectivity index (χ2v) is 6.74. The number of nitrogens with one attached hydrogen (secondary N) is 1. The number of fused-ring (bicyclic) bond motifs is 1. The summed E-state index contributed by atoms with van der Waals surface area (Å²) in [6.45, 7) is 2.11. The van der Waals surface area contributed by atoms with Crippen molar-refractivity contribution < 1.29 is 4.79 Å². The van der Waals surface area contributed by atoms with Crippen LogP contribution in [0, 0.1) is 5.41 Å². The molecule has 3 nitrogen and oxygen atoms in total. The highest BCUT2D eigenvalue weighted by Gasteiger charge is 2.39. The summed E-state index contributed by atoms with van der Waals surface area (Å²) in [6.07, 6.45) is 6.98. The van der Waals surface area contributed by atoms with Gasteiger partial charge in [-0.3, -0.25) is 9.78 Å². The smallest absolute Gasteiger partial charge is 0.230 e. The maximum atomic E-state index is 12.7. The van der Waals surface area contributed by atoms with Gasteiger partial charge in [-0.25, -0.2) is 0 Å². The van der Waals surface area contributed by atoms with Crippen LogP contribution in [0.3, 0.4) is 0 Å². The topological polar surface area (TPSA) is 42.0 Å². The van der Waals surface area contributed by atoms with E-state index in [1.807, 2.05) is 24.3 Å². The summed E-state index contributed by atoms with van der Waals surface area (Å²) in [5, 5.41) is 4.15. The van der Waals surface area contributed by atoms with Crippen molar-refractivity contribution in [1.82, 2.24) is 4.98 Å². The van der Waals surface area contributed by atoms with Crippen LogP contribution in [0.5, 0.6) is 0 Å². The Morgan fingerprint density at radius 3 is 2.86 bits per heavy atom. The predicted molar refractivity (Wildman–Crippen MR) is 89.3 cm³/mol. The Bertz CT molecular complexity index is 678. The van der Waals surface area contributed by atoms with Gasteiger partial charge in [0.05, 0.1) is 11.2 Å². The second-order valence-electron chi connectivity index (χ2n) is 5.83. The number of para-hydroxylation sites is 1. The first kappa shape index (κ1) is 14.5. The third-order valence-electron chi connectivity index (χ3n) is 4.64. The zero-order chi connectivity index (χ0) is 14.9. The molecule has 0 spiro atoms. The van der Waals surface area contributed by atoms with E-state index in [1.165, 1.54) is 0 Å². The normalized spacial score (nSPS) is 17.0. The molecule has 1 aliphatic carbocycles. The first-order valence-electron chi connectivity index (χ1n) is 7.50. The minimum absolute atomic E-state index is 0.153. The van der Waals surface area contributed by atoms with Gasteiger partial charge in [-0.05, 0) is 47.3 Å². The number of aromatic nitrogens is 1. The average Bonchev–Trinajstić information content (AvgIpc) is 2.97. The van der Waals surface area contributed by atoms with Crippen LogP contribution in [0.25, 0.3) is 10.9 Å². The molecule has 1 heterocycles. The Balaban J connectivity index is 1.93. The number of pyridine rings is 1. The van der Waals surface area contributed by atoms with E-state index in [1.54, 1.807) is 6.20 Å². The molecule has 1 fully saturated rings. The maximum absolute atomic E-state index is 12.7. The molecule has 1 aliphatic rings. The van der Waals surface area contributed by atoms with E-state index in [0.29, 0.717) is 0 Å². The van der Waals surface area contributed by atoms with Crippen LogP contribution in [-0.2, 0) is 4.79 Å². The molecule has 1 aromatic carbocycles. The lowest BCUT2D eigenvalue weighted by Gasteiger charge is -2.26. The van der Waals surface area contributed by atoms with Gasteiger partial charge in [0.25, 0.3) is 0 Å². The van der Waals surface area contributed by atoms with Gasteiger partial charge >= 0.3 is 0 Å². The van der Waals surface area contributed by atoms with E-state index in [0.717, 1.165) is 53.2 Å².